The minimum atomic E-state index is -0.169. The van der Waals surface area contributed by atoms with Gasteiger partial charge in [-0.1, -0.05) is 41.4 Å². The van der Waals surface area contributed by atoms with Crippen molar-refractivity contribution >= 4 is 21.9 Å². The normalized spacial score (nSPS) is 10.2. The number of esters is 1. The van der Waals surface area contributed by atoms with Gasteiger partial charge in [0.15, 0.2) is 0 Å². The van der Waals surface area contributed by atoms with Crippen LogP contribution >= 0.6 is 15.9 Å². The van der Waals surface area contributed by atoms with Crippen LogP contribution in [0.3, 0.4) is 0 Å². The zero-order valence-corrected chi connectivity index (χ0v) is 11.3. The first-order valence-electron chi connectivity index (χ1n) is 5.60. The molecule has 1 aromatic carbocycles. The van der Waals surface area contributed by atoms with Gasteiger partial charge in [-0.15, -0.1) is 0 Å². The first-order valence-corrected chi connectivity index (χ1v) is 6.39. The van der Waals surface area contributed by atoms with Crippen molar-refractivity contribution in [2.45, 2.75) is 33.1 Å². The summed E-state index contributed by atoms with van der Waals surface area (Å²) in [5.74, 6) is -0.169. The highest BCUT2D eigenvalue weighted by atomic mass is 79.9. The number of hydrogen-bond donors (Lipinski definition) is 0. The summed E-state index contributed by atoms with van der Waals surface area (Å²) in [6.07, 6.45) is 2.52. The lowest BCUT2D eigenvalue weighted by Gasteiger charge is -2.06. The summed E-state index contributed by atoms with van der Waals surface area (Å²) in [6, 6.07) is 6.07. The third-order valence-electron chi connectivity index (χ3n) is 2.29. The van der Waals surface area contributed by atoms with Gasteiger partial charge < -0.3 is 4.74 Å². The van der Waals surface area contributed by atoms with E-state index < -0.39 is 0 Å². The van der Waals surface area contributed by atoms with Gasteiger partial charge in [0.25, 0.3) is 0 Å². The Morgan fingerprint density at radius 1 is 1.38 bits per heavy atom. The van der Waals surface area contributed by atoms with E-state index in [2.05, 4.69) is 28.9 Å². The minimum Gasteiger partial charge on any atom is -0.466 e. The number of carbonyl (C=O) groups is 1. The first-order chi connectivity index (χ1) is 7.67. The summed E-state index contributed by atoms with van der Waals surface area (Å²) in [6.45, 7) is 4.41. The molecule has 0 spiro atoms. The molecule has 88 valence electrons. The van der Waals surface area contributed by atoms with Crippen molar-refractivity contribution in [3.05, 3.63) is 33.8 Å². The summed E-state index contributed by atoms with van der Waals surface area (Å²) >= 11 is 3.52. The van der Waals surface area contributed by atoms with Crippen LogP contribution in [0.4, 0.5) is 0 Å². The Morgan fingerprint density at radius 3 is 2.69 bits per heavy atom. The Balaban J connectivity index is 2.69. The fourth-order valence-electron chi connectivity index (χ4n) is 1.55. The second kappa shape index (κ2) is 6.69. The molecule has 0 unspecified atom stereocenters. The minimum absolute atomic E-state index is 0.169. The van der Waals surface area contributed by atoms with Crippen LogP contribution in [-0.2, 0) is 22.4 Å². The van der Waals surface area contributed by atoms with Crippen LogP contribution < -0.4 is 0 Å². The third kappa shape index (κ3) is 3.97. The van der Waals surface area contributed by atoms with Crippen molar-refractivity contribution in [2.75, 3.05) is 6.61 Å². The molecule has 0 aromatic heterocycles. The molecule has 0 aliphatic carbocycles. The van der Waals surface area contributed by atoms with Gasteiger partial charge in [-0.05, 0) is 30.5 Å². The van der Waals surface area contributed by atoms with Crippen LogP contribution in [0.1, 0.15) is 31.4 Å². The third-order valence-corrected chi connectivity index (χ3v) is 3.03. The Labute approximate surface area is 105 Å². The molecule has 0 aliphatic heterocycles. The van der Waals surface area contributed by atoms with Crippen molar-refractivity contribution in [3.8, 4) is 0 Å². The Kier molecular flexibility index (Phi) is 5.53. The summed E-state index contributed by atoms with van der Waals surface area (Å²) < 4.78 is 5.99. The lowest BCUT2D eigenvalue weighted by atomic mass is 10.1. The molecule has 16 heavy (non-hydrogen) atoms. The molecule has 0 saturated heterocycles. The molecule has 0 saturated carbocycles. The maximum atomic E-state index is 11.3. The van der Waals surface area contributed by atoms with Crippen molar-refractivity contribution < 1.29 is 9.53 Å². The van der Waals surface area contributed by atoms with Crippen LogP contribution in [0.25, 0.3) is 0 Å². The highest BCUT2D eigenvalue weighted by Gasteiger charge is 2.06. The van der Waals surface area contributed by atoms with Gasteiger partial charge >= 0.3 is 5.97 Å². The number of ether oxygens (including phenoxy) is 1. The number of hydrogen-bond acceptors (Lipinski definition) is 2. The zero-order chi connectivity index (χ0) is 12.0. The maximum absolute atomic E-state index is 11.3. The fourth-order valence-corrected chi connectivity index (χ4v) is 2.18. The predicted molar refractivity (Wildman–Crippen MR) is 68.5 cm³/mol. The second-order valence-electron chi connectivity index (χ2n) is 3.66. The summed E-state index contributed by atoms with van der Waals surface area (Å²) in [7, 11) is 0. The molecule has 0 radical (unpaired) electrons. The van der Waals surface area contributed by atoms with E-state index in [1.807, 2.05) is 19.1 Å². The zero-order valence-electron chi connectivity index (χ0n) is 9.75. The lowest BCUT2D eigenvalue weighted by Crippen LogP contribution is -2.07. The van der Waals surface area contributed by atoms with E-state index in [9.17, 15) is 4.79 Å². The van der Waals surface area contributed by atoms with Gasteiger partial charge in [0, 0.05) is 4.47 Å². The van der Waals surface area contributed by atoms with Crippen molar-refractivity contribution in [3.63, 3.8) is 0 Å². The predicted octanol–water partition coefficient (Wildman–Crippen LogP) is 3.51. The van der Waals surface area contributed by atoms with Gasteiger partial charge in [-0.3, -0.25) is 4.79 Å². The molecule has 0 bridgehead atoms. The molecule has 1 aromatic rings. The number of carbonyl (C=O) groups excluding carboxylic acids is 1. The van der Waals surface area contributed by atoms with Crippen LogP contribution in [-0.4, -0.2) is 12.6 Å². The standard InChI is InChI=1S/C13H17BrO2/c1-3-5-11-7-6-10(8-12(11)14)9-13(15)16-4-2/h6-8H,3-5,9H2,1-2H3. The lowest BCUT2D eigenvalue weighted by molar-refractivity contribution is -0.142. The van der Waals surface area contributed by atoms with Gasteiger partial charge in [0.05, 0.1) is 13.0 Å². The van der Waals surface area contributed by atoms with E-state index in [4.69, 9.17) is 4.74 Å². The summed E-state index contributed by atoms with van der Waals surface area (Å²) in [5, 5.41) is 0. The quantitative estimate of drug-likeness (QED) is 0.774. The molecule has 0 aliphatic rings. The fraction of sp³-hybridized carbons (Fsp3) is 0.462. The smallest absolute Gasteiger partial charge is 0.310 e. The largest absolute Gasteiger partial charge is 0.466 e. The average Bonchev–Trinajstić information content (AvgIpc) is 2.22. The highest BCUT2D eigenvalue weighted by Crippen LogP contribution is 2.20. The SMILES string of the molecule is CCCc1ccc(CC(=O)OCC)cc1Br. The number of aryl methyl sites for hydroxylation is 1. The molecule has 3 heteroatoms. The van der Waals surface area contributed by atoms with E-state index in [0.29, 0.717) is 13.0 Å². The summed E-state index contributed by atoms with van der Waals surface area (Å²) in [5.41, 5.74) is 2.28. The summed E-state index contributed by atoms with van der Waals surface area (Å²) in [4.78, 5) is 11.3. The van der Waals surface area contributed by atoms with Crippen molar-refractivity contribution in [2.24, 2.45) is 0 Å². The molecule has 0 amide bonds. The average molecular weight is 285 g/mol. The van der Waals surface area contributed by atoms with Crippen LogP contribution in [0, 0.1) is 0 Å². The molecule has 0 heterocycles. The first kappa shape index (κ1) is 13.2. The van der Waals surface area contributed by atoms with E-state index in [0.717, 1.165) is 22.9 Å². The highest BCUT2D eigenvalue weighted by molar-refractivity contribution is 9.10. The monoisotopic (exact) mass is 284 g/mol. The molecule has 0 fully saturated rings. The van der Waals surface area contributed by atoms with Crippen LogP contribution in [0.15, 0.2) is 22.7 Å². The van der Waals surface area contributed by atoms with E-state index >= 15 is 0 Å². The van der Waals surface area contributed by atoms with Gasteiger partial charge in [0.1, 0.15) is 0 Å². The Morgan fingerprint density at radius 2 is 2.12 bits per heavy atom. The molecule has 0 atom stereocenters. The maximum Gasteiger partial charge on any atom is 0.310 e. The van der Waals surface area contributed by atoms with E-state index in [1.165, 1.54) is 5.56 Å². The van der Waals surface area contributed by atoms with Gasteiger partial charge in [-0.2, -0.15) is 0 Å². The topological polar surface area (TPSA) is 26.3 Å². The number of benzene rings is 1. The molecule has 1 rings (SSSR count). The molecule has 2 nitrogen and oxygen atoms in total. The van der Waals surface area contributed by atoms with Crippen LogP contribution in [0.2, 0.25) is 0 Å². The number of halogens is 1. The van der Waals surface area contributed by atoms with Gasteiger partial charge in [0.2, 0.25) is 0 Å². The molecular formula is C13H17BrO2. The van der Waals surface area contributed by atoms with Crippen LogP contribution in [0.5, 0.6) is 0 Å². The molecule has 0 N–H and O–H groups in total. The Bertz CT molecular complexity index is 361. The van der Waals surface area contributed by atoms with Crippen molar-refractivity contribution in [1.29, 1.82) is 0 Å². The van der Waals surface area contributed by atoms with Crippen molar-refractivity contribution in [1.82, 2.24) is 0 Å². The van der Waals surface area contributed by atoms with E-state index in [-0.39, 0.29) is 5.97 Å². The number of rotatable bonds is 5. The second-order valence-corrected chi connectivity index (χ2v) is 4.51. The van der Waals surface area contributed by atoms with Gasteiger partial charge in [-0.25, -0.2) is 0 Å². The van der Waals surface area contributed by atoms with E-state index in [1.54, 1.807) is 0 Å². The molecular weight excluding hydrogens is 268 g/mol. The Hall–Kier alpha value is -0.830.